The summed E-state index contributed by atoms with van der Waals surface area (Å²) in [6, 6.07) is -0.317. The van der Waals surface area contributed by atoms with Gasteiger partial charge >= 0.3 is 0 Å². The molecule has 4 heteroatoms. The van der Waals surface area contributed by atoms with Crippen molar-refractivity contribution in [2.45, 2.75) is 46.1 Å². The molecule has 1 aliphatic heterocycles. The fraction of sp³-hybridized carbons (Fsp3) is 0.833. The van der Waals surface area contributed by atoms with Gasteiger partial charge in [0.05, 0.1) is 0 Å². The minimum absolute atomic E-state index is 0.00718. The molecule has 1 saturated heterocycles. The fourth-order valence-corrected chi connectivity index (χ4v) is 1.81. The van der Waals surface area contributed by atoms with Crippen molar-refractivity contribution < 1.29 is 9.59 Å². The average molecular weight is 226 g/mol. The van der Waals surface area contributed by atoms with E-state index in [0.717, 1.165) is 13.0 Å². The standard InChI is InChI=1S/C12H22N2O2/c1-4-10-12(16)14(7-5-9(2)3)8-6-11(15)13-10/h9-10H,4-8H2,1-3H3,(H,13,15). The highest BCUT2D eigenvalue weighted by molar-refractivity contribution is 5.89. The first-order valence-corrected chi connectivity index (χ1v) is 6.12. The van der Waals surface area contributed by atoms with Crippen LogP contribution in [0.3, 0.4) is 0 Å². The Morgan fingerprint density at radius 3 is 2.69 bits per heavy atom. The molecule has 92 valence electrons. The van der Waals surface area contributed by atoms with Crippen LogP contribution in [0, 0.1) is 5.92 Å². The fourth-order valence-electron chi connectivity index (χ4n) is 1.81. The lowest BCUT2D eigenvalue weighted by Crippen LogP contribution is -2.44. The maximum absolute atomic E-state index is 12.0. The zero-order valence-corrected chi connectivity index (χ0v) is 10.5. The van der Waals surface area contributed by atoms with Gasteiger partial charge in [-0.1, -0.05) is 20.8 Å². The van der Waals surface area contributed by atoms with E-state index in [9.17, 15) is 9.59 Å². The first-order valence-electron chi connectivity index (χ1n) is 6.12. The van der Waals surface area contributed by atoms with Gasteiger partial charge in [-0.3, -0.25) is 9.59 Å². The van der Waals surface area contributed by atoms with E-state index in [2.05, 4.69) is 19.2 Å². The first-order chi connectivity index (χ1) is 7.54. The Morgan fingerprint density at radius 2 is 2.12 bits per heavy atom. The second-order valence-corrected chi connectivity index (χ2v) is 4.79. The molecule has 1 unspecified atom stereocenters. The van der Waals surface area contributed by atoms with E-state index in [1.54, 1.807) is 0 Å². The smallest absolute Gasteiger partial charge is 0.245 e. The van der Waals surface area contributed by atoms with Crippen molar-refractivity contribution in [2.24, 2.45) is 5.92 Å². The molecule has 0 radical (unpaired) electrons. The van der Waals surface area contributed by atoms with Gasteiger partial charge in [-0.15, -0.1) is 0 Å². The molecule has 0 aromatic rings. The Kier molecular flexibility index (Phi) is 4.77. The van der Waals surface area contributed by atoms with Crippen LogP contribution >= 0.6 is 0 Å². The molecule has 4 nitrogen and oxygen atoms in total. The zero-order valence-electron chi connectivity index (χ0n) is 10.5. The Balaban J connectivity index is 2.61. The normalized spacial score (nSPS) is 22.2. The van der Waals surface area contributed by atoms with Gasteiger partial charge in [0.25, 0.3) is 0 Å². The number of nitrogens with zero attached hydrogens (tertiary/aromatic N) is 1. The van der Waals surface area contributed by atoms with E-state index in [1.807, 2.05) is 11.8 Å². The van der Waals surface area contributed by atoms with Crippen molar-refractivity contribution in [3.63, 3.8) is 0 Å². The van der Waals surface area contributed by atoms with Crippen LogP contribution in [0.1, 0.15) is 40.0 Å². The van der Waals surface area contributed by atoms with Crippen molar-refractivity contribution in [1.82, 2.24) is 10.2 Å². The topological polar surface area (TPSA) is 49.4 Å². The van der Waals surface area contributed by atoms with Crippen LogP contribution in [0.15, 0.2) is 0 Å². The van der Waals surface area contributed by atoms with Crippen LogP contribution in [0.5, 0.6) is 0 Å². The summed E-state index contributed by atoms with van der Waals surface area (Å²) in [4.78, 5) is 25.3. The summed E-state index contributed by atoms with van der Waals surface area (Å²) in [5.74, 6) is 0.654. The largest absolute Gasteiger partial charge is 0.344 e. The molecular weight excluding hydrogens is 204 g/mol. The number of carbonyl (C=O) groups excluding carboxylic acids is 2. The predicted octanol–water partition coefficient (Wildman–Crippen LogP) is 1.16. The van der Waals surface area contributed by atoms with Crippen molar-refractivity contribution >= 4 is 11.8 Å². The summed E-state index contributed by atoms with van der Waals surface area (Å²) in [7, 11) is 0. The third-order valence-electron chi connectivity index (χ3n) is 2.94. The second-order valence-electron chi connectivity index (χ2n) is 4.79. The lowest BCUT2D eigenvalue weighted by Gasteiger charge is -2.24. The number of hydrogen-bond acceptors (Lipinski definition) is 2. The van der Waals surface area contributed by atoms with E-state index >= 15 is 0 Å². The molecule has 1 N–H and O–H groups in total. The molecule has 0 aromatic carbocycles. The van der Waals surface area contributed by atoms with Crippen LogP contribution in [0.25, 0.3) is 0 Å². The number of amides is 2. The van der Waals surface area contributed by atoms with Crippen molar-refractivity contribution in [2.75, 3.05) is 13.1 Å². The number of carbonyl (C=O) groups is 2. The van der Waals surface area contributed by atoms with E-state index < -0.39 is 0 Å². The molecule has 1 fully saturated rings. The molecule has 0 aromatic heterocycles. The molecule has 1 rings (SSSR count). The average Bonchev–Trinajstić information content (AvgIpc) is 2.36. The first kappa shape index (κ1) is 13.0. The summed E-state index contributed by atoms with van der Waals surface area (Å²) in [5, 5.41) is 2.77. The van der Waals surface area contributed by atoms with Gasteiger partial charge in [0.2, 0.25) is 11.8 Å². The Bertz CT molecular complexity index is 264. The maximum Gasteiger partial charge on any atom is 0.245 e. The Morgan fingerprint density at radius 1 is 1.44 bits per heavy atom. The SMILES string of the molecule is CCC1NC(=O)CCN(CCC(C)C)C1=O. The number of rotatable bonds is 4. The van der Waals surface area contributed by atoms with Gasteiger partial charge in [-0.2, -0.15) is 0 Å². The molecule has 1 heterocycles. The number of hydrogen-bond donors (Lipinski definition) is 1. The van der Waals surface area contributed by atoms with Gasteiger partial charge in [-0.25, -0.2) is 0 Å². The van der Waals surface area contributed by atoms with Crippen LogP contribution in [-0.4, -0.2) is 35.8 Å². The molecule has 0 bridgehead atoms. The number of nitrogens with one attached hydrogen (secondary N) is 1. The van der Waals surface area contributed by atoms with E-state index in [4.69, 9.17) is 0 Å². The quantitative estimate of drug-likeness (QED) is 0.782. The third-order valence-corrected chi connectivity index (χ3v) is 2.94. The summed E-state index contributed by atoms with van der Waals surface area (Å²) < 4.78 is 0. The highest BCUT2D eigenvalue weighted by atomic mass is 16.2. The van der Waals surface area contributed by atoms with Crippen LogP contribution in [-0.2, 0) is 9.59 Å². The van der Waals surface area contributed by atoms with Crippen LogP contribution in [0.2, 0.25) is 0 Å². The van der Waals surface area contributed by atoms with Crippen LogP contribution in [0.4, 0.5) is 0 Å². The minimum Gasteiger partial charge on any atom is -0.344 e. The molecule has 0 aliphatic carbocycles. The van der Waals surface area contributed by atoms with Crippen molar-refractivity contribution in [1.29, 1.82) is 0 Å². The second kappa shape index (κ2) is 5.87. The summed E-state index contributed by atoms with van der Waals surface area (Å²) in [5.41, 5.74) is 0. The summed E-state index contributed by atoms with van der Waals surface area (Å²) in [6.07, 6.45) is 2.10. The zero-order chi connectivity index (χ0) is 12.1. The molecule has 0 saturated carbocycles. The van der Waals surface area contributed by atoms with Crippen molar-refractivity contribution in [3.8, 4) is 0 Å². The Hall–Kier alpha value is -1.06. The van der Waals surface area contributed by atoms with E-state index in [-0.39, 0.29) is 17.9 Å². The molecule has 0 spiro atoms. The van der Waals surface area contributed by atoms with Gasteiger partial charge in [-0.05, 0) is 18.8 Å². The maximum atomic E-state index is 12.0. The minimum atomic E-state index is -0.317. The van der Waals surface area contributed by atoms with Crippen LogP contribution < -0.4 is 5.32 Å². The highest BCUT2D eigenvalue weighted by Gasteiger charge is 2.27. The van der Waals surface area contributed by atoms with Gasteiger partial charge in [0, 0.05) is 19.5 Å². The Labute approximate surface area is 97.4 Å². The third kappa shape index (κ3) is 3.51. The predicted molar refractivity (Wildman–Crippen MR) is 62.9 cm³/mol. The van der Waals surface area contributed by atoms with Gasteiger partial charge < -0.3 is 10.2 Å². The molecule has 1 atom stereocenters. The highest BCUT2D eigenvalue weighted by Crippen LogP contribution is 2.09. The van der Waals surface area contributed by atoms with Gasteiger partial charge in [0.15, 0.2) is 0 Å². The van der Waals surface area contributed by atoms with E-state index in [1.165, 1.54) is 0 Å². The lowest BCUT2D eigenvalue weighted by molar-refractivity contribution is -0.133. The molecule has 16 heavy (non-hydrogen) atoms. The molecular formula is C12H22N2O2. The summed E-state index contributed by atoms with van der Waals surface area (Å²) in [6.45, 7) is 7.54. The summed E-state index contributed by atoms with van der Waals surface area (Å²) >= 11 is 0. The molecule has 2 amide bonds. The van der Waals surface area contributed by atoms with Crippen molar-refractivity contribution in [3.05, 3.63) is 0 Å². The molecule has 1 aliphatic rings. The van der Waals surface area contributed by atoms with E-state index in [0.29, 0.717) is 25.3 Å². The monoisotopic (exact) mass is 226 g/mol. The van der Waals surface area contributed by atoms with Gasteiger partial charge in [0.1, 0.15) is 6.04 Å². The lowest BCUT2D eigenvalue weighted by atomic mass is 10.1.